The Labute approximate surface area is 99.3 Å². The summed E-state index contributed by atoms with van der Waals surface area (Å²) in [5.41, 5.74) is 6.38. The van der Waals surface area contributed by atoms with Gasteiger partial charge in [0.15, 0.2) is 0 Å². The van der Waals surface area contributed by atoms with Gasteiger partial charge in [-0.15, -0.1) is 0 Å². The van der Waals surface area contributed by atoms with E-state index in [9.17, 15) is 0 Å². The second-order valence-electron chi connectivity index (χ2n) is 5.74. The average molecular weight is 226 g/mol. The summed E-state index contributed by atoms with van der Waals surface area (Å²) in [6.07, 6.45) is 8.32. The summed E-state index contributed by atoms with van der Waals surface area (Å²) in [6.45, 7) is 4.05. The molecule has 2 rings (SSSR count). The van der Waals surface area contributed by atoms with Gasteiger partial charge in [-0.25, -0.2) is 0 Å². The van der Waals surface area contributed by atoms with Crippen molar-refractivity contribution in [3.8, 4) is 0 Å². The molecule has 1 aliphatic heterocycles. The Morgan fingerprint density at radius 3 is 2.62 bits per heavy atom. The van der Waals surface area contributed by atoms with Gasteiger partial charge in [0.05, 0.1) is 6.10 Å². The van der Waals surface area contributed by atoms with E-state index in [2.05, 4.69) is 11.9 Å². The van der Waals surface area contributed by atoms with Crippen LogP contribution in [0.4, 0.5) is 0 Å². The summed E-state index contributed by atoms with van der Waals surface area (Å²) in [7, 11) is 2.22. The monoisotopic (exact) mass is 226 g/mol. The van der Waals surface area contributed by atoms with E-state index in [4.69, 9.17) is 10.5 Å². The maximum Gasteiger partial charge on any atom is 0.0702 e. The fraction of sp³-hybridized carbons (Fsp3) is 1.00. The average Bonchev–Trinajstić information content (AvgIpc) is 2.90. The van der Waals surface area contributed by atoms with Crippen LogP contribution in [0.2, 0.25) is 0 Å². The van der Waals surface area contributed by atoms with Crippen LogP contribution in [0.5, 0.6) is 0 Å². The Morgan fingerprint density at radius 1 is 1.31 bits per heavy atom. The predicted octanol–water partition coefficient (Wildman–Crippen LogP) is 1.62. The standard InChI is InChI=1S/C13H26N2O/c1-15(9-12-5-4-8-16-12)11-13(10-14)6-2-3-7-13/h12H,2-11,14H2,1H3. The highest BCUT2D eigenvalue weighted by molar-refractivity contribution is 4.88. The van der Waals surface area contributed by atoms with Crippen LogP contribution < -0.4 is 5.73 Å². The number of nitrogens with two attached hydrogens (primary N) is 1. The molecule has 1 saturated heterocycles. The lowest BCUT2D eigenvalue weighted by Crippen LogP contribution is -2.41. The van der Waals surface area contributed by atoms with Gasteiger partial charge >= 0.3 is 0 Å². The minimum absolute atomic E-state index is 0.410. The lowest BCUT2D eigenvalue weighted by molar-refractivity contribution is 0.0665. The van der Waals surface area contributed by atoms with Crippen LogP contribution in [0.15, 0.2) is 0 Å². The van der Waals surface area contributed by atoms with Crippen LogP contribution in [-0.2, 0) is 4.74 Å². The van der Waals surface area contributed by atoms with Crippen molar-refractivity contribution in [3.63, 3.8) is 0 Å². The number of ether oxygens (including phenoxy) is 1. The largest absolute Gasteiger partial charge is 0.377 e. The molecule has 1 heterocycles. The van der Waals surface area contributed by atoms with Gasteiger partial charge in [0.2, 0.25) is 0 Å². The van der Waals surface area contributed by atoms with Crippen molar-refractivity contribution in [1.29, 1.82) is 0 Å². The van der Waals surface area contributed by atoms with Crippen molar-refractivity contribution in [3.05, 3.63) is 0 Å². The van der Waals surface area contributed by atoms with Crippen LogP contribution in [0.3, 0.4) is 0 Å². The second kappa shape index (κ2) is 5.48. The SMILES string of the molecule is CN(CC1CCCO1)CC1(CN)CCCC1. The third kappa shape index (κ3) is 2.96. The molecule has 1 saturated carbocycles. The Balaban J connectivity index is 1.78. The third-order valence-corrected chi connectivity index (χ3v) is 4.24. The molecule has 16 heavy (non-hydrogen) atoms. The van der Waals surface area contributed by atoms with Crippen molar-refractivity contribution in [2.45, 2.75) is 44.6 Å². The molecule has 2 aliphatic rings. The zero-order valence-electron chi connectivity index (χ0n) is 10.6. The molecule has 0 aromatic rings. The highest BCUT2D eigenvalue weighted by atomic mass is 16.5. The molecule has 94 valence electrons. The molecular weight excluding hydrogens is 200 g/mol. The maximum atomic E-state index is 5.97. The Hall–Kier alpha value is -0.120. The molecule has 0 spiro atoms. The highest BCUT2D eigenvalue weighted by Gasteiger charge is 2.34. The first kappa shape index (κ1) is 12.3. The van der Waals surface area contributed by atoms with Crippen LogP contribution in [0.25, 0.3) is 0 Å². The molecule has 2 fully saturated rings. The topological polar surface area (TPSA) is 38.5 Å². The molecule has 1 atom stereocenters. The van der Waals surface area contributed by atoms with Gasteiger partial charge in [0, 0.05) is 19.7 Å². The fourth-order valence-electron chi connectivity index (χ4n) is 3.32. The van der Waals surface area contributed by atoms with E-state index < -0.39 is 0 Å². The molecule has 1 aliphatic carbocycles. The van der Waals surface area contributed by atoms with E-state index in [-0.39, 0.29) is 0 Å². The molecular formula is C13H26N2O. The molecule has 0 aromatic heterocycles. The minimum atomic E-state index is 0.410. The van der Waals surface area contributed by atoms with Crippen molar-refractivity contribution in [2.24, 2.45) is 11.1 Å². The zero-order chi connectivity index (χ0) is 11.4. The Morgan fingerprint density at radius 2 is 2.06 bits per heavy atom. The van der Waals surface area contributed by atoms with Gasteiger partial charge in [0.1, 0.15) is 0 Å². The second-order valence-corrected chi connectivity index (χ2v) is 5.74. The number of nitrogens with zero attached hydrogens (tertiary/aromatic N) is 1. The highest BCUT2D eigenvalue weighted by Crippen LogP contribution is 2.37. The number of likely N-dealkylation sites (N-methyl/N-ethyl adjacent to an activating group) is 1. The molecule has 0 aromatic carbocycles. The van der Waals surface area contributed by atoms with Crippen molar-refractivity contribution in [2.75, 3.05) is 33.3 Å². The molecule has 3 nitrogen and oxygen atoms in total. The van der Waals surface area contributed by atoms with Gasteiger partial charge in [-0.1, -0.05) is 12.8 Å². The van der Waals surface area contributed by atoms with Gasteiger partial charge in [-0.3, -0.25) is 0 Å². The molecule has 3 heteroatoms. The van der Waals surface area contributed by atoms with Crippen molar-refractivity contribution in [1.82, 2.24) is 4.90 Å². The summed E-state index contributed by atoms with van der Waals surface area (Å²) in [5, 5.41) is 0. The fourth-order valence-corrected chi connectivity index (χ4v) is 3.32. The summed E-state index contributed by atoms with van der Waals surface area (Å²) in [5.74, 6) is 0. The van der Waals surface area contributed by atoms with Crippen molar-refractivity contribution >= 4 is 0 Å². The smallest absolute Gasteiger partial charge is 0.0702 e. The van der Waals surface area contributed by atoms with Gasteiger partial charge < -0.3 is 15.4 Å². The number of rotatable bonds is 5. The summed E-state index contributed by atoms with van der Waals surface area (Å²) in [4.78, 5) is 2.44. The first-order valence-corrected chi connectivity index (χ1v) is 6.74. The molecule has 0 amide bonds. The Bertz CT molecular complexity index is 208. The first-order valence-electron chi connectivity index (χ1n) is 6.74. The predicted molar refractivity (Wildman–Crippen MR) is 66.4 cm³/mol. The van der Waals surface area contributed by atoms with Gasteiger partial charge in [-0.05, 0) is 44.7 Å². The molecule has 1 unspecified atom stereocenters. The summed E-state index contributed by atoms with van der Waals surface area (Å²) in [6, 6.07) is 0. The van der Waals surface area contributed by atoms with E-state index in [1.165, 1.54) is 38.5 Å². The maximum absolute atomic E-state index is 5.97. The van der Waals surface area contributed by atoms with Gasteiger partial charge in [0.25, 0.3) is 0 Å². The van der Waals surface area contributed by atoms with Crippen LogP contribution in [0.1, 0.15) is 38.5 Å². The van der Waals surface area contributed by atoms with E-state index in [1.807, 2.05) is 0 Å². The molecule has 0 bridgehead atoms. The normalized spacial score (nSPS) is 29.1. The van der Waals surface area contributed by atoms with E-state index in [0.717, 1.165) is 26.2 Å². The number of hydrogen-bond acceptors (Lipinski definition) is 3. The first-order chi connectivity index (χ1) is 7.74. The number of hydrogen-bond donors (Lipinski definition) is 1. The van der Waals surface area contributed by atoms with E-state index in [0.29, 0.717) is 11.5 Å². The van der Waals surface area contributed by atoms with Crippen LogP contribution in [0, 0.1) is 5.41 Å². The molecule has 0 radical (unpaired) electrons. The van der Waals surface area contributed by atoms with Crippen LogP contribution >= 0.6 is 0 Å². The van der Waals surface area contributed by atoms with Gasteiger partial charge in [-0.2, -0.15) is 0 Å². The third-order valence-electron chi connectivity index (χ3n) is 4.24. The lowest BCUT2D eigenvalue weighted by atomic mass is 9.86. The quantitative estimate of drug-likeness (QED) is 0.774. The van der Waals surface area contributed by atoms with E-state index in [1.54, 1.807) is 0 Å². The minimum Gasteiger partial charge on any atom is -0.377 e. The lowest BCUT2D eigenvalue weighted by Gasteiger charge is -2.33. The summed E-state index contributed by atoms with van der Waals surface area (Å²) >= 11 is 0. The van der Waals surface area contributed by atoms with E-state index >= 15 is 0 Å². The Kier molecular flexibility index (Phi) is 4.22. The van der Waals surface area contributed by atoms with Crippen molar-refractivity contribution < 1.29 is 4.74 Å². The van der Waals surface area contributed by atoms with Crippen LogP contribution in [-0.4, -0.2) is 44.3 Å². The zero-order valence-corrected chi connectivity index (χ0v) is 10.6. The summed E-state index contributed by atoms with van der Waals surface area (Å²) < 4.78 is 5.68. The molecule has 2 N–H and O–H groups in total.